The second kappa shape index (κ2) is 7.66. The van der Waals surface area contributed by atoms with E-state index in [4.69, 9.17) is 13.9 Å². The third kappa shape index (κ3) is 4.26. The van der Waals surface area contributed by atoms with E-state index in [9.17, 15) is 4.79 Å². The van der Waals surface area contributed by atoms with Crippen LogP contribution in [-0.4, -0.2) is 36.8 Å². The molecule has 24 heavy (non-hydrogen) atoms. The Labute approximate surface area is 145 Å². The fourth-order valence-corrected chi connectivity index (χ4v) is 3.25. The molecule has 1 aliphatic heterocycles. The highest BCUT2D eigenvalue weighted by Gasteiger charge is 2.14. The van der Waals surface area contributed by atoms with Gasteiger partial charge in [-0.05, 0) is 37.3 Å². The summed E-state index contributed by atoms with van der Waals surface area (Å²) in [6, 6.07) is 9.61. The number of fused-ring (bicyclic) bond motifs is 1. The van der Waals surface area contributed by atoms with Gasteiger partial charge < -0.3 is 18.8 Å². The molecule has 0 radical (unpaired) electrons. The normalized spacial score (nSPS) is 13.4. The van der Waals surface area contributed by atoms with Gasteiger partial charge in [-0.15, -0.1) is 11.8 Å². The summed E-state index contributed by atoms with van der Waals surface area (Å²) in [6.07, 6.45) is 0.882. The van der Waals surface area contributed by atoms with Crippen LogP contribution in [0.2, 0.25) is 0 Å². The molecule has 0 spiro atoms. The first-order chi connectivity index (χ1) is 11.6. The second-order valence-electron chi connectivity index (χ2n) is 5.71. The molecule has 1 aliphatic rings. The molecule has 1 aromatic carbocycles. The third-order valence-electron chi connectivity index (χ3n) is 3.70. The Bertz CT molecular complexity index is 713. The van der Waals surface area contributed by atoms with Crippen molar-refractivity contribution in [2.45, 2.75) is 24.8 Å². The number of benzene rings is 1. The zero-order valence-electron chi connectivity index (χ0n) is 13.9. The highest BCUT2D eigenvalue weighted by molar-refractivity contribution is 8.00. The van der Waals surface area contributed by atoms with Crippen molar-refractivity contribution in [2.75, 3.05) is 26.0 Å². The molecular formula is C18H21NO4S. The average Bonchev–Trinajstić information content (AvgIpc) is 2.84. The molecule has 2 heterocycles. The lowest BCUT2D eigenvalue weighted by Gasteiger charge is -2.15. The average molecular weight is 347 g/mol. The van der Waals surface area contributed by atoms with Crippen LogP contribution in [0.4, 0.5) is 0 Å². The van der Waals surface area contributed by atoms with Crippen molar-refractivity contribution in [3.05, 3.63) is 41.9 Å². The number of nitrogens with zero attached hydrogens (tertiary/aromatic N) is 1. The predicted octanol–water partition coefficient (Wildman–Crippen LogP) is 3.50. The van der Waals surface area contributed by atoms with E-state index in [2.05, 4.69) is 0 Å². The van der Waals surface area contributed by atoms with Crippen molar-refractivity contribution in [1.29, 1.82) is 0 Å². The number of rotatable bonds is 5. The number of carbonyl (C=O) groups is 1. The molecule has 3 rings (SSSR count). The first kappa shape index (κ1) is 16.8. The Kier molecular flexibility index (Phi) is 5.35. The van der Waals surface area contributed by atoms with Crippen molar-refractivity contribution >= 4 is 17.7 Å². The van der Waals surface area contributed by atoms with E-state index in [1.54, 1.807) is 11.9 Å². The number of thioether (sulfide) groups is 1. The maximum atomic E-state index is 12.3. The zero-order valence-corrected chi connectivity index (χ0v) is 14.7. The molecule has 1 aromatic heterocycles. The molecule has 0 unspecified atom stereocenters. The number of hydrogen-bond donors (Lipinski definition) is 0. The Morgan fingerprint density at radius 3 is 2.71 bits per heavy atom. The number of carbonyl (C=O) groups excluding carboxylic acids is 1. The zero-order chi connectivity index (χ0) is 16.9. The lowest BCUT2D eigenvalue weighted by Crippen LogP contribution is -2.27. The van der Waals surface area contributed by atoms with E-state index in [-0.39, 0.29) is 5.91 Å². The monoisotopic (exact) mass is 347 g/mol. The molecule has 0 saturated heterocycles. The van der Waals surface area contributed by atoms with Gasteiger partial charge >= 0.3 is 0 Å². The van der Waals surface area contributed by atoms with Crippen LogP contribution in [0.15, 0.2) is 39.6 Å². The van der Waals surface area contributed by atoms with Crippen LogP contribution < -0.4 is 9.47 Å². The van der Waals surface area contributed by atoms with E-state index < -0.39 is 0 Å². The molecule has 5 nitrogen and oxygen atoms in total. The van der Waals surface area contributed by atoms with Crippen LogP contribution in [0.3, 0.4) is 0 Å². The van der Waals surface area contributed by atoms with Crippen LogP contribution in [0.25, 0.3) is 0 Å². The molecule has 0 N–H and O–H groups in total. The summed E-state index contributed by atoms with van der Waals surface area (Å²) < 4.78 is 16.8. The number of hydrogen-bond acceptors (Lipinski definition) is 5. The predicted molar refractivity (Wildman–Crippen MR) is 92.7 cm³/mol. The second-order valence-corrected chi connectivity index (χ2v) is 6.76. The molecule has 0 bridgehead atoms. The van der Waals surface area contributed by atoms with Crippen LogP contribution in [0.1, 0.15) is 17.9 Å². The topological polar surface area (TPSA) is 51.9 Å². The van der Waals surface area contributed by atoms with Crippen molar-refractivity contribution in [3.8, 4) is 11.5 Å². The van der Waals surface area contributed by atoms with Crippen molar-refractivity contribution < 1.29 is 18.7 Å². The summed E-state index contributed by atoms with van der Waals surface area (Å²) in [7, 11) is 1.79. The minimum absolute atomic E-state index is 0.0566. The molecule has 0 atom stereocenters. The van der Waals surface area contributed by atoms with Gasteiger partial charge in [-0.2, -0.15) is 0 Å². The molecular weight excluding hydrogens is 326 g/mol. The van der Waals surface area contributed by atoms with Gasteiger partial charge in [0.05, 0.1) is 25.5 Å². The maximum Gasteiger partial charge on any atom is 0.233 e. The largest absolute Gasteiger partial charge is 0.490 e. The summed E-state index contributed by atoms with van der Waals surface area (Å²) in [5.41, 5.74) is 0. The van der Waals surface area contributed by atoms with Gasteiger partial charge in [0.2, 0.25) is 5.91 Å². The van der Waals surface area contributed by atoms with Gasteiger partial charge in [-0.25, -0.2) is 0 Å². The van der Waals surface area contributed by atoms with Gasteiger partial charge in [0.1, 0.15) is 11.5 Å². The standard InChI is InChI=1S/C18H21NO4S/c1-13-4-5-14(23-13)11-19(2)18(20)12-24-15-6-7-16-17(10-15)22-9-3-8-21-16/h4-7,10H,3,8-9,11-12H2,1-2H3. The van der Waals surface area contributed by atoms with Gasteiger partial charge in [0, 0.05) is 18.4 Å². The lowest BCUT2D eigenvalue weighted by molar-refractivity contribution is -0.127. The summed E-state index contributed by atoms with van der Waals surface area (Å²) in [4.78, 5) is 14.9. The maximum absolute atomic E-state index is 12.3. The van der Waals surface area contributed by atoms with Crippen LogP contribution in [0.5, 0.6) is 11.5 Å². The molecule has 2 aromatic rings. The summed E-state index contributed by atoms with van der Waals surface area (Å²) in [5.74, 6) is 3.60. The Hall–Kier alpha value is -2.08. The van der Waals surface area contributed by atoms with E-state index in [1.165, 1.54) is 11.8 Å². The molecule has 0 fully saturated rings. The van der Waals surface area contributed by atoms with Crippen LogP contribution in [0, 0.1) is 6.92 Å². The molecule has 6 heteroatoms. The lowest BCUT2D eigenvalue weighted by atomic mass is 10.3. The van der Waals surface area contributed by atoms with E-state index >= 15 is 0 Å². The van der Waals surface area contributed by atoms with Gasteiger partial charge in [-0.3, -0.25) is 4.79 Å². The minimum atomic E-state index is 0.0566. The van der Waals surface area contributed by atoms with E-state index in [0.717, 1.165) is 34.3 Å². The fraction of sp³-hybridized carbons (Fsp3) is 0.389. The minimum Gasteiger partial charge on any atom is -0.490 e. The van der Waals surface area contributed by atoms with Crippen LogP contribution in [-0.2, 0) is 11.3 Å². The van der Waals surface area contributed by atoms with Gasteiger partial charge in [0.15, 0.2) is 11.5 Å². The Morgan fingerprint density at radius 1 is 1.17 bits per heavy atom. The SMILES string of the molecule is Cc1ccc(CN(C)C(=O)CSc2ccc3c(c2)OCCCO3)o1. The molecule has 0 saturated carbocycles. The quantitative estimate of drug-likeness (QED) is 0.775. The first-order valence-electron chi connectivity index (χ1n) is 7.93. The van der Waals surface area contributed by atoms with Gasteiger partial charge in [0.25, 0.3) is 0 Å². The van der Waals surface area contributed by atoms with Crippen LogP contribution >= 0.6 is 11.8 Å². The molecule has 0 aliphatic carbocycles. The highest BCUT2D eigenvalue weighted by atomic mass is 32.2. The fourth-order valence-electron chi connectivity index (χ4n) is 2.38. The Morgan fingerprint density at radius 2 is 1.96 bits per heavy atom. The number of furan rings is 1. The molecule has 1 amide bonds. The van der Waals surface area contributed by atoms with Crippen molar-refractivity contribution in [1.82, 2.24) is 4.90 Å². The first-order valence-corrected chi connectivity index (χ1v) is 8.92. The third-order valence-corrected chi connectivity index (χ3v) is 4.67. The van der Waals surface area contributed by atoms with Gasteiger partial charge in [-0.1, -0.05) is 0 Å². The summed E-state index contributed by atoms with van der Waals surface area (Å²) in [6.45, 7) is 3.71. The number of aryl methyl sites for hydroxylation is 1. The summed E-state index contributed by atoms with van der Waals surface area (Å²) in [5, 5.41) is 0. The van der Waals surface area contributed by atoms with Crippen molar-refractivity contribution in [2.24, 2.45) is 0 Å². The number of ether oxygens (including phenoxy) is 2. The van der Waals surface area contributed by atoms with E-state index in [1.807, 2.05) is 37.3 Å². The number of amides is 1. The van der Waals surface area contributed by atoms with Crippen molar-refractivity contribution in [3.63, 3.8) is 0 Å². The summed E-state index contributed by atoms with van der Waals surface area (Å²) >= 11 is 1.49. The smallest absolute Gasteiger partial charge is 0.233 e. The highest BCUT2D eigenvalue weighted by Crippen LogP contribution is 2.33. The molecule has 128 valence electrons. The Balaban J connectivity index is 1.55. The van der Waals surface area contributed by atoms with E-state index in [0.29, 0.717) is 25.5 Å².